The molecule has 2 aromatic heterocycles. The Hall–Kier alpha value is -4.37. The van der Waals surface area contributed by atoms with E-state index in [0.717, 1.165) is 52.9 Å². The van der Waals surface area contributed by atoms with Crippen molar-refractivity contribution in [1.29, 1.82) is 0 Å². The number of aromatic nitrogens is 1. The molecule has 9 heteroatoms. The fourth-order valence-electron chi connectivity index (χ4n) is 5.61. The summed E-state index contributed by atoms with van der Waals surface area (Å²) in [4.78, 5) is 33.5. The van der Waals surface area contributed by atoms with Gasteiger partial charge in [-0.3, -0.25) is 0 Å². The summed E-state index contributed by atoms with van der Waals surface area (Å²) in [6.45, 7) is -0.0779. The maximum atomic E-state index is 14.1. The molecule has 3 heterocycles. The van der Waals surface area contributed by atoms with Gasteiger partial charge in [-0.2, -0.15) is 0 Å². The normalized spacial score (nSPS) is 17.3. The molecule has 2 aliphatic carbocycles. The third-order valence-corrected chi connectivity index (χ3v) is 9.02. The Morgan fingerprint density at radius 2 is 1.30 bits per heavy atom. The molecule has 218 valence electrons. The van der Waals surface area contributed by atoms with Crippen molar-refractivity contribution in [3.63, 3.8) is 0 Å². The summed E-state index contributed by atoms with van der Waals surface area (Å²) in [6.07, 6.45) is 5.43. The minimum Gasteiger partial charge on any atom is -0.457 e. The zero-order chi connectivity index (χ0) is 29.5. The Bertz CT molecular complexity index is 1680. The lowest BCUT2D eigenvalue weighted by Gasteiger charge is -2.33. The number of esters is 2. The molecule has 1 aliphatic heterocycles. The van der Waals surface area contributed by atoms with Crippen LogP contribution in [0.5, 0.6) is 0 Å². The molecule has 2 saturated carbocycles. The molecule has 0 spiro atoms. The van der Waals surface area contributed by atoms with Crippen molar-refractivity contribution in [3.05, 3.63) is 123 Å². The highest BCUT2D eigenvalue weighted by Gasteiger charge is 2.47. The van der Waals surface area contributed by atoms with Crippen LogP contribution in [0.3, 0.4) is 0 Å². The zero-order valence-corrected chi connectivity index (χ0v) is 24.0. The van der Waals surface area contributed by atoms with Crippen LogP contribution >= 0.6 is 11.3 Å². The van der Waals surface area contributed by atoms with Crippen LogP contribution in [-0.4, -0.2) is 16.9 Å². The zero-order valence-electron chi connectivity index (χ0n) is 23.1. The maximum Gasteiger partial charge on any atom is 0.337 e. The van der Waals surface area contributed by atoms with Crippen LogP contribution < -0.4 is 5.32 Å². The Morgan fingerprint density at radius 3 is 1.79 bits per heavy atom. The summed E-state index contributed by atoms with van der Waals surface area (Å²) in [5.74, 6) is -2.23. The van der Waals surface area contributed by atoms with Crippen LogP contribution in [0.4, 0.5) is 8.78 Å². The van der Waals surface area contributed by atoms with Crippen molar-refractivity contribution in [2.45, 2.75) is 44.8 Å². The average Bonchev–Trinajstić information content (AvgIpc) is 3.96. The third kappa shape index (κ3) is 5.69. The van der Waals surface area contributed by atoms with Crippen molar-refractivity contribution in [1.82, 2.24) is 10.3 Å². The fourth-order valence-corrected chi connectivity index (χ4v) is 6.55. The van der Waals surface area contributed by atoms with Gasteiger partial charge >= 0.3 is 11.9 Å². The van der Waals surface area contributed by atoms with Crippen LogP contribution in [0.25, 0.3) is 10.2 Å². The molecule has 0 atom stereocenters. The van der Waals surface area contributed by atoms with E-state index < -0.39 is 17.9 Å². The number of fused-ring (bicyclic) bond motifs is 1. The van der Waals surface area contributed by atoms with Gasteiger partial charge in [-0.05, 0) is 89.9 Å². The number of carbonyl (C=O) groups excluding carboxylic acids is 2. The largest absolute Gasteiger partial charge is 0.457 e. The standard InChI is InChI=1S/C34H28F2N2O4S/c35-23-11-3-19(4-12-23)16-41-33(39)28-27(26-18-43-32-25(26)2-1-15-37-32)29(31(22-9-10-22)38-30(28)21-7-8-21)34(40)42-17-20-5-13-24(36)14-6-20/h1-6,11-15,18,21-22,27,38H,7-10,16-17H2. The molecular formula is C34H28F2N2O4S. The molecule has 4 aromatic rings. The highest BCUT2D eigenvalue weighted by molar-refractivity contribution is 7.16. The Kier molecular flexibility index (Phi) is 7.26. The number of rotatable bonds is 9. The number of ether oxygens (including phenoxy) is 2. The van der Waals surface area contributed by atoms with E-state index in [1.54, 1.807) is 30.5 Å². The van der Waals surface area contributed by atoms with Gasteiger partial charge in [0.25, 0.3) is 0 Å². The van der Waals surface area contributed by atoms with Crippen LogP contribution in [0.1, 0.15) is 48.3 Å². The van der Waals surface area contributed by atoms with Gasteiger partial charge in [0.2, 0.25) is 0 Å². The van der Waals surface area contributed by atoms with E-state index in [9.17, 15) is 18.4 Å². The van der Waals surface area contributed by atoms with Gasteiger partial charge in [-0.15, -0.1) is 11.3 Å². The number of carbonyl (C=O) groups is 2. The molecule has 2 fully saturated rings. The smallest absolute Gasteiger partial charge is 0.337 e. The Labute approximate surface area is 251 Å². The number of nitrogens with zero attached hydrogens (tertiary/aromatic N) is 1. The molecule has 0 amide bonds. The summed E-state index contributed by atoms with van der Waals surface area (Å²) in [5.41, 5.74) is 4.50. The molecule has 0 unspecified atom stereocenters. The van der Waals surface area contributed by atoms with E-state index in [4.69, 9.17) is 9.47 Å². The molecule has 0 saturated heterocycles. The van der Waals surface area contributed by atoms with Crippen molar-refractivity contribution in [2.24, 2.45) is 11.8 Å². The number of dihydropyridines is 1. The van der Waals surface area contributed by atoms with Gasteiger partial charge in [-0.1, -0.05) is 30.3 Å². The van der Waals surface area contributed by atoms with Crippen LogP contribution in [0.2, 0.25) is 0 Å². The molecule has 6 nitrogen and oxygen atoms in total. The van der Waals surface area contributed by atoms with E-state index in [1.165, 1.54) is 35.6 Å². The highest BCUT2D eigenvalue weighted by Crippen LogP contribution is 2.52. The number of thiophene rings is 1. The number of pyridine rings is 1. The number of benzene rings is 2. The van der Waals surface area contributed by atoms with Crippen molar-refractivity contribution in [3.8, 4) is 0 Å². The van der Waals surface area contributed by atoms with Crippen molar-refractivity contribution < 1.29 is 27.8 Å². The first-order valence-corrected chi connectivity index (χ1v) is 15.2. The summed E-state index contributed by atoms with van der Waals surface area (Å²) < 4.78 is 38.7. The lowest BCUT2D eigenvalue weighted by molar-refractivity contribution is -0.141. The fraction of sp³-hybridized carbons (Fsp3) is 0.265. The Balaban J connectivity index is 1.30. The quantitative estimate of drug-likeness (QED) is 0.208. The molecule has 1 N–H and O–H groups in total. The molecular weight excluding hydrogens is 570 g/mol. The number of allylic oxidation sites excluding steroid dienone is 2. The number of halogens is 2. The number of hydrogen-bond donors (Lipinski definition) is 1. The summed E-state index contributed by atoms with van der Waals surface area (Å²) >= 11 is 1.46. The minimum atomic E-state index is -0.730. The molecule has 7 rings (SSSR count). The van der Waals surface area contributed by atoms with Crippen LogP contribution in [-0.2, 0) is 32.3 Å². The second-order valence-corrected chi connectivity index (χ2v) is 12.1. The van der Waals surface area contributed by atoms with Gasteiger partial charge in [-0.25, -0.2) is 23.4 Å². The molecule has 3 aliphatic rings. The molecule has 43 heavy (non-hydrogen) atoms. The lowest BCUT2D eigenvalue weighted by atomic mass is 9.78. The van der Waals surface area contributed by atoms with E-state index in [-0.39, 0.29) is 36.7 Å². The monoisotopic (exact) mass is 598 g/mol. The molecule has 0 radical (unpaired) electrons. The molecule has 2 aromatic carbocycles. The van der Waals surface area contributed by atoms with E-state index >= 15 is 0 Å². The lowest BCUT2D eigenvalue weighted by Crippen LogP contribution is -2.35. The van der Waals surface area contributed by atoms with E-state index in [0.29, 0.717) is 22.3 Å². The van der Waals surface area contributed by atoms with E-state index in [1.807, 2.05) is 17.5 Å². The SMILES string of the molecule is O=C(OCc1ccc(F)cc1)C1=C(C2CC2)NC(C2CC2)=C(C(=O)OCc2ccc(F)cc2)C1c1csc2ncccc12. The van der Waals surface area contributed by atoms with Crippen LogP contribution in [0, 0.1) is 23.5 Å². The van der Waals surface area contributed by atoms with Gasteiger partial charge < -0.3 is 14.8 Å². The summed E-state index contributed by atoms with van der Waals surface area (Å²) in [6, 6.07) is 15.4. The van der Waals surface area contributed by atoms with Gasteiger partial charge in [0, 0.05) is 23.0 Å². The summed E-state index contributed by atoms with van der Waals surface area (Å²) in [7, 11) is 0. The average molecular weight is 599 g/mol. The second kappa shape index (κ2) is 11.4. The first-order chi connectivity index (χ1) is 21.0. The first-order valence-electron chi connectivity index (χ1n) is 14.4. The third-order valence-electron chi connectivity index (χ3n) is 8.10. The topological polar surface area (TPSA) is 77.5 Å². The minimum absolute atomic E-state index is 0.0389. The van der Waals surface area contributed by atoms with E-state index in [2.05, 4.69) is 10.3 Å². The van der Waals surface area contributed by atoms with Gasteiger partial charge in [0.05, 0.1) is 17.1 Å². The highest BCUT2D eigenvalue weighted by atomic mass is 32.1. The molecule has 0 bridgehead atoms. The Morgan fingerprint density at radius 1 is 0.791 bits per heavy atom. The van der Waals surface area contributed by atoms with Gasteiger partial charge in [0.15, 0.2) is 0 Å². The predicted octanol–water partition coefficient (Wildman–Crippen LogP) is 7.08. The maximum absolute atomic E-state index is 14.1. The van der Waals surface area contributed by atoms with Gasteiger partial charge in [0.1, 0.15) is 29.7 Å². The summed E-state index contributed by atoms with van der Waals surface area (Å²) in [5, 5.41) is 6.36. The number of nitrogens with one attached hydrogen (secondary N) is 1. The number of hydrogen-bond acceptors (Lipinski definition) is 7. The van der Waals surface area contributed by atoms with Crippen molar-refractivity contribution >= 4 is 33.5 Å². The predicted molar refractivity (Wildman–Crippen MR) is 157 cm³/mol. The first kappa shape index (κ1) is 27.5. The van der Waals surface area contributed by atoms with Crippen molar-refractivity contribution in [2.75, 3.05) is 0 Å². The van der Waals surface area contributed by atoms with Crippen LogP contribution in [0.15, 0.2) is 94.8 Å². The second-order valence-electron chi connectivity index (χ2n) is 11.2.